The summed E-state index contributed by atoms with van der Waals surface area (Å²) in [5, 5.41) is 3.26. The maximum Gasteiger partial charge on any atom is 0.128 e. The van der Waals surface area contributed by atoms with E-state index >= 15 is 0 Å². The Hall–Kier alpha value is -1.09. The van der Waals surface area contributed by atoms with Gasteiger partial charge in [-0.1, -0.05) is 6.92 Å². The van der Waals surface area contributed by atoms with Gasteiger partial charge >= 0.3 is 0 Å². The van der Waals surface area contributed by atoms with Crippen LogP contribution in [0.5, 0.6) is 0 Å². The molecule has 0 unspecified atom stereocenters. The van der Waals surface area contributed by atoms with E-state index in [0.717, 1.165) is 29.9 Å². The van der Waals surface area contributed by atoms with Crippen molar-refractivity contribution in [3.05, 3.63) is 23.4 Å². The number of aryl methyl sites for hydroxylation is 1. The summed E-state index contributed by atoms with van der Waals surface area (Å²) in [6, 6.07) is 2.07. The van der Waals surface area contributed by atoms with E-state index in [1.54, 1.807) is 0 Å². The molecule has 3 nitrogen and oxygen atoms in total. The maximum absolute atomic E-state index is 5.51. The van der Waals surface area contributed by atoms with Gasteiger partial charge in [0.25, 0.3) is 0 Å². The minimum Gasteiger partial charge on any atom is -0.370 e. The highest BCUT2D eigenvalue weighted by molar-refractivity contribution is 5.44. The fraction of sp³-hybridized carbons (Fsp3) is 0.500. The average Bonchev–Trinajstić information content (AvgIpc) is 2.16. The maximum atomic E-state index is 5.51. The van der Waals surface area contributed by atoms with Crippen LogP contribution >= 0.6 is 0 Å². The molecule has 72 valence electrons. The minimum atomic E-state index is 0.557. The van der Waals surface area contributed by atoms with Crippen LogP contribution < -0.4 is 11.1 Å². The molecule has 0 aliphatic heterocycles. The average molecular weight is 179 g/mol. The molecule has 0 amide bonds. The summed E-state index contributed by atoms with van der Waals surface area (Å²) in [6.45, 7) is 5.71. The van der Waals surface area contributed by atoms with Crippen molar-refractivity contribution in [2.45, 2.75) is 26.8 Å². The molecule has 0 aliphatic carbocycles. The summed E-state index contributed by atoms with van der Waals surface area (Å²) in [5.41, 5.74) is 7.75. The van der Waals surface area contributed by atoms with Crippen molar-refractivity contribution in [2.75, 3.05) is 11.9 Å². The van der Waals surface area contributed by atoms with Crippen LogP contribution in [0.1, 0.15) is 24.5 Å². The third kappa shape index (κ3) is 2.70. The first-order valence-electron chi connectivity index (χ1n) is 4.67. The fourth-order valence-electron chi connectivity index (χ4n) is 1.17. The Morgan fingerprint density at radius 1 is 1.54 bits per heavy atom. The summed E-state index contributed by atoms with van der Waals surface area (Å²) in [6.07, 6.45) is 2.94. The molecule has 0 aromatic carbocycles. The van der Waals surface area contributed by atoms with Crippen molar-refractivity contribution in [3.63, 3.8) is 0 Å². The number of anilines is 1. The van der Waals surface area contributed by atoms with Crippen LogP contribution in [0.2, 0.25) is 0 Å². The lowest BCUT2D eigenvalue weighted by Crippen LogP contribution is -2.05. The molecule has 0 radical (unpaired) electrons. The largest absolute Gasteiger partial charge is 0.370 e. The molecule has 0 atom stereocenters. The van der Waals surface area contributed by atoms with Gasteiger partial charge in [-0.15, -0.1) is 0 Å². The zero-order chi connectivity index (χ0) is 9.68. The van der Waals surface area contributed by atoms with E-state index in [2.05, 4.69) is 23.3 Å². The Morgan fingerprint density at radius 2 is 2.31 bits per heavy atom. The van der Waals surface area contributed by atoms with Crippen molar-refractivity contribution in [1.82, 2.24) is 4.98 Å². The quantitative estimate of drug-likeness (QED) is 0.739. The molecule has 1 heterocycles. The van der Waals surface area contributed by atoms with Gasteiger partial charge in [0.05, 0.1) is 0 Å². The number of aromatic nitrogens is 1. The topological polar surface area (TPSA) is 50.9 Å². The number of hydrogen-bond acceptors (Lipinski definition) is 3. The molecule has 0 saturated heterocycles. The van der Waals surface area contributed by atoms with E-state index in [1.807, 2.05) is 13.1 Å². The lowest BCUT2D eigenvalue weighted by molar-refractivity contribution is 0.959. The minimum absolute atomic E-state index is 0.557. The highest BCUT2D eigenvalue weighted by atomic mass is 15.0. The highest BCUT2D eigenvalue weighted by Gasteiger charge is 1.98. The van der Waals surface area contributed by atoms with Crippen molar-refractivity contribution in [2.24, 2.45) is 5.73 Å². The summed E-state index contributed by atoms with van der Waals surface area (Å²) in [7, 11) is 0. The number of pyridine rings is 1. The van der Waals surface area contributed by atoms with Crippen molar-refractivity contribution in [3.8, 4) is 0 Å². The second kappa shape index (κ2) is 4.82. The molecule has 3 N–H and O–H groups in total. The molecule has 0 bridgehead atoms. The van der Waals surface area contributed by atoms with E-state index < -0.39 is 0 Å². The SMILES string of the molecule is CCCNc1ncc(CN)cc1C. The molecular weight excluding hydrogens is 162 g/mol. The molecule has 1 rings (SSSR count). The number of hydrogen-bond donors (Lipinski definition) is 2. The first-order chi connectivity index (χ1) is 6.27. The van der Waals surface area contributed by atoms with Crippen LogP contribution in [0.4, 0.5) is 5.82 Å². The number of nitrogens with two attached hydrogens (primary N) is 1. The van der Waals surface area contributed by atoms with Crippen LogP contribution in [-0.4, -0.2) is 11.5 Å². The van der Waals surface area contributed by atoms with E-state index in [1.165, 1.54) is 0 Å². The van der Waals surface area contributed by atoms with Crippen LogP contribution in [0.15, 0.2) is 12.3 Å². The first-order valence-corrected chi connectivity index (χ1v) is 4.67. The molecule has 1 aromatic heterocycles. The lowest BCUT2D eigenvalue weighted by Gasteiger charge is -2.07. The van der Waals surface area contributed by atoms with Gasteiger partial charge in [0.1, 0.15) is 5.82 Å². The van der Waals surface area contributed by atoms with Gasteiger partial charge < -0.3 is 11.1 Å². The summed E-state index contributed by atoms with van der Waals surface area (Å²) < 4.78 is 0. The Bertz CT molecular complexity index is 271. The fourth-order valence-corrected chi connectivity index (χ4v) is 1.17. The molecule has 1 aromatic rings. The second-order valence-corrected chi connectivity index (χ2v) is 3.14. The zero-order valence-corrected chi connectivity index (χ0v) is 8.30. The lowest BCUT2D eigenvalue weighted by atomic mass is 10.2. The number of nitrogens with zero attached hydrogens (tertiary/aromatic N) is 1. The molecular formula is C10H17N3. The predicted molar refractivity (Wildman–Crippen MR) is 55.6 cm³/mol. The van der Waals surface area contributed by atoms with Gasteiger partial charge in [-0.25, -0.2) is 4.98 Å². The van der Waals surface area contributed by atoms with Crippen LogP contribution in [-0.2, 0) is 6.54 Å². The molecule has 0 aliphatic rings. The molecule has 0 spiro atoms. The van der Waals surface area contributed by atoms with Crippen molar-refractivity contribution < 1.29 is 0 Å². The molecule has 3 heteroatoms. The monoisotopic (exact) mass is 179 g/mol. The smallest absolute Gasteiger partial charge is 0.128 e. The van der Waals surface area contributed by atoms with Crippen molar-refractivity contribution >= 4 is 5.82 Å². The van der Waals surface area contributed by atoms with E-state index in [4.69, 9.17) is 5.73 Å². The van der Waals surface area contributed by atoms with Gasteiger partial charge in [0.15, 0.2) is 0 Å². The summed E-state index contributed by atoms with van der Waals surface area (Å²) in [5.74, 6) is 0.971. The zero-order valence-electron chi connectivity index (χ0n) is 8.30. The van der Waals surface area contributed by atoms with Gasteiger partial charge in [0, 0.05) is 19.3 Å². The van der Waals surface area contributed by atoms with Crippen molar-refractivity contribution in [1.29, 1.82) is 0 Å². The molecule has 13 heavy (non-hydrogen) atoms. The summed E-state index contributed by atoms with van der Waals surface area (Å²) in [4.78, 5) is 4.30. The molecule has 0 fully saturated rings. The van der Waals surface area contributed by atoms with Crippen LogP contribution in [0.3, 0.4) is 0 Å². The van der Waals surface area contributed by atoms with Gasteiger partial charge in [0.2, 0.25) is 0 Å². The summed E-state index contributed by atoms with van der Waals surface area (Å²) >= 11 is 0. The Balaban J connectivity index is 2.73. The van der Waals surface area contributed by atoms with E-state index in [-0.39, 0.29) is 0 Å². The molecule has 0 saturated carbocycles. The third-order valence-electron chi connectivity index (χ3n) is 1.91. The number of nitrogens with one attached hydrogen (secondary N) is 1. The van der Waals surface area contributed by atoms with E-state index in [9.17, 15) is 0 Å². The Kier molecular flexibility index (Phi) is 3.71. The van der Waals surface area contributed by atoms with Crippen LogP contribution in [0.25, 0.3) is 0 Å². The van der Waals surface area contributed by atoms with E-state index in [0.29, 0.717) is 6.54 Å². The van der Waals surface area contributed by atoms with Gasteiger partial charge in [-0.05, 0) is 30.5 Å². The standard InChI is InChI=1S/C10H17N3/c1-3-4-12-10-8(2)5-9(6-11)7-13-10/h5,7H,3-4,6,11H2,1-2H3,(H,12,13). The third-order valence-corrected chi connectivity index (χ3v) is 1.91. The Morgan fingerprint density at radius 3 is 2.85 bits per heavy atom. The normalized spacial score (nSPS) is 10.1. The first kappa shape index (κ1) is 9.99. The Labute approximate surface area is 79.4 Å². The highest BCUT2D eigenvalue weighted by Crippen LogP contribution is 2.12. The second-order valence-electron chi connectivity index (χ2n) is 3.14. The van der Waals surface area contributed by atoms with Gasteiger partial charge in [-0.3, -0.25) is 0 Å². The van der Waals surface area contributed by atoms with Gasteiger partial charge in [-0.2, -0.15) is 0 Å². The predicted octanol–water partition coefficient (Wildman–Crippen LogP) is 1.67. The van der Waals surface area contributed by atoms with Crippen LogP contribution in [0, 0.1) is 6.92 Å². The number of rotatable bonds is 4.